The molecule has 3 atom stereocenters. The molecule has 2 heterocycles. The van der Waals surface area contributed by atoms with Crippen LogP contribution < -0.4 is 16.2 Å². The summed E-state index contributed by atoms with van der Waals surface area (Å²) in [5.41, 5.74) is 7.68. The zero-order chi connectivity index (χ0) is 14.7. The second kappa shape index (κ2) is 6.54. The van der Waals surface area contributed by atoms with Crippen LogP contribution in [0.15, 0.2) is 24.5 Å². The summed E-state index contributed by atoms with van der Waals surface area (Å²) in [4.78, 5) is 16.2. The van der Waals surface area contributed by atoms with E-state index in [0.717, 1.165) is 0 Å². The molecule has 2 aliphatic rings. The summed E-state index contributed by atoms with van der Waals surface area (Å²) >= 11 is 0. The second-order valence-electron chi connectivity index (χ2n) is 6.31. The smallest absolute Gasteiger partial charge is 0.221 e. The number of nitrogens with zero attached hydrogens (tertiary/aromatic N) is 1. The van der Waals surface area contributed by atoms with E-state index in [4.69, 9.17) is 0 Å². The van der Waals surface area contributed by atoms with Gasteiger partial charge in [0.25, 0.3) is 0 Å². The zero-order valence-corrected chi connectivity index (χ0v) is 12.5. The first kappa shape index (κ1) is 14.5. The van der Waals surface area contributed by atoms with Gasteiger partial charge in [0.2, 0.25) is 5.91 Å². The average molecular weight is 288 g/mol. The Morgan fingerprint density at radius 1 is 1.29 bits per heavy atom. The summed E-state index contributed by atoms with van der Waals surface area (Å²) in [6.07, 6.45) is 9.23. The van der Waals surface area contributed by atoms with E-state index in [1.54, 1.807) is 12.4 Å². The molecule has 0 bridgehead atoms. The van der Waals surface area contributed by atoms with Gasteiger partial charge in [-0.25, -0.2) is 10.9 Å². The van der Waals surface area contributed by atoms with E-state index in [9.17, 15) is 4.79 Å². The van der Waals surface area contributed by atoms with E-state index in [1.165, 1.54) is 31.2 Å². The molecule has 5 nitrogen and oxygen atoms in total. The third-order valence-corrected chi connectivity index (χ3v) is 4.78. The van der Waals surface area contributed by atoms with E-state index in [0.29, 0.717) is 18.3 Å². The SMILES string of the molecule is CC1C(NC(=O)CC2CCCC2)NNC1c1ccncc1. The molecule has 1 amide bonds. The molecule has 0 aromatic carbocycles. The second-order valence-corrected chi connectivity index (χ2v) is 6.31. The van der Waals surface area contributed by atoms with Crippen molar-refractivity contribution in [2.75, 3.05) is 0 Å². The van der Waals surface area contributed by atoms with Crippen molar-refractivity contribution < 1.29 is 4.79 Å². The number of nitrogens with one attached hydrogen (secondary N) is 3. The fourth-order valence-corrected chi connectivity index (χ4v) is 3.47. The number of amides is 1. The van der Waals surface area contributed by atoms with Crippen molar-refractivity contribution in [3.8, 4) is 0 Å². The zero-order valence-electron chi connectivity index (χ0n) is 12.5. The fourth-order valence-electron chi connectivity index (χ4n) is 3.47. The van der Waals surface area contributed by atoms with Crippen LogP contribution in [0.5, 0.6) is 0 Å². The first-order valence-corrected chi connectivity index (χ1v) is 7.94. The van der Waals surface area contributed by atoms with Crippen LogP contribution in [0.25, 0.3) is 0 Å². The summed E-state index contributed by atoms with van der Waals surface area (Å²) in [5, 5.41) is 3.13. The fraction of sp³-hybridized carbons (Fsp3) is 0.625. The van der Waals surface area contributed by atoms with E-state index >= 15 is 0 Å². The average Bonchev–Trinajstić information content (AvgIpc) is 3.11. The topological polar surface area (TPSA) is 66.1 Å². The van der Waals surface area contributed by atoms with Crippen molar-refractivity contribution in [1.82, 2.24) is 21.2 Å². The van der Waals surface area contributed by atoms with Gasteiger partial charge in [-0.05, 0) is 36.5 Å². The van der Waals surface area contributed by atoms with Gasteiger partial charge >= 0.3 is 0 Å². The van der Waals surface area contributed by atoms with Gasteiger partial charge in [0, 0.05) is 24.7 Å². The molecule has 1 saturated carbocycles. The van der Waals surface area contributed by atoms with Crippen LogP contribution >= 0.6 is 0 Å². The number of carbonyl (C=O) groups excluding carboxylic acids is 1. The van der Waals surface area contributed by atoms with Gasteiger partial charge in [-0.1, -0.05) is 19.8 Å². The minimum atomic E-state index is -0.0166. The third kappa shape index (κ3) is 3.41. The van der Waals surface area contributed by atoms with Gasteiger partial charge in [0.1, 0.15) is 0 Å². The molecule has 1 aromatic heterocycles. The Morgan fingerprint density at radius 3 is 2.71 bits per heavy atom. The number of aromatic nitrogens is 1. The molecule has 21 heavy (non-hydrogen) atoms. The molecule has 3 unspecified atom stereocenters. The largest absolute Gasteiger partial charge is 0.339 e. The van der Waals surface area contributed by atoms with E-state index in [2.05, 4.69) is 28.1 Å². The number of hydrazine groups is 1. The van der Waals surface area contributed by atoms with Gasteiger partial charge < -0.3 is 5.32 Å². The summed E-state index contributed by atoms with van der Waals surface area (Å²) in [6, 6.07) is 4.22. The lowest BCUT2D eigenvalue weighted by molar-refractivity contribution is -0.123. The molecule has 1 saturated heterocycles. The molecule has 1 aliphatic heterocycles. The maximum atomic E-state index is 12.2. The monoisotopic (exact) mass is 288 g/mol. The van der Waals surface area contributed by atoms with Crippen LogP contribution in [-0.2, 0) is 4.79 Å². The van der Waals surface area contributed by atoms with E-state index in [-0.39, 0.29) is 18.1 Å². The van der Waals surface area contributed by atoms with Gasteiger partial charge in [0.15, 0.2) is 0 Å². The highest BCUT2D eigenvalue weighted by molar-refractivity contribution is 5.76. The van der Waals surface area contributed by atoms with Gasteiger partial charge in [-0.2, -0.15) is 0 Å². The summed E-state index contributed by atoms with van der Waals surface area (Å²) in [7, 11) is 0. The highest BCUT2D eigenvalue weighted by atomic mass is 16.1. The Balaban J connectivity index is 1.54. The predicted octanol–water partition coefficient (Wildman–Crippen LogP) is 1.89. The van der Waals surface area contributed by atoms with Gasteiger partial charge in [-0.15, -0.1) is 0 Å². The first-order chi connectivity index (χ1) is 10.2. The van der Waals surface area contributed by atoms with Crippen LogP contribution in [0.1, 0.15) is 50.6 Å². The highest BCUT2D eigenvalue weighted by Gasteiger charge is 2.34. The molecule has 3 N–H and O–H groups in total. The molecular formula is C16H24N4O. The van der Waals surface area contributed by atoms with Crippen molar-refractivity contribution in [2.24, 2.45) is 11.8 Å². The lowest BCUT2D eigenvalue weighted by Gasteiger charge is -2.20. The summed E-state index contributed by atoms with van der Waals surface area (Å²) < 4.78 is 0. The molecule has 2 fully saturated rings. The molecule has 0 spiro atoms. The normalized spacial score (nSPS) is 29.7. The number of carbonyl (C=O) groups is 1. The molecule has 1 aliphatic carbocycles. The first-order valence-electron chi connectivity index (χ1n) is 7.94. The molecular weight excluding hydrogens is 264 g/mol. The van der Waals surface area contributed by atoms with Crippen molar-refractivity contribution in [1.29, 1.82) is 0 Å². The Bertz CT molecular complexity index is 472. The minimum Gasteiger partial charge on any atom is -0.339 e. The maximum Gasteiger partial charge on any atom is 0.221 e. The molecule has 114 valence electrons. The van der Waals surface area contributed by atoms with Gasteiger partial charge in [-0.3, -0.25) is 9.78 Å². The van der Waals surface area contributed by atoms with Crippen molar-refractivity contribution >= 4 is 5.91 Å². The Morgan fingerprint density at radius 2 is 2.00 bits per heavy atom. The number of rotatable bonds is 4. The Kier molecular flexibility index (Phi) is 4.51. The molecule has 0 radical (unpaired) electrons. The number of hydrogen-bond donors (Lipinski definition) is 3. The van der Waals surface area contributed by atoms with Crippen LogP contribution in [-0.4, -0.2) is 17.1 Å². The molecule has 1 aromatic rings. The van der Waals surface area contributed by atoms with E-state index < -0.39 is 0 Å². The van der Waals surface area contributed by atoms with Crippen LogP contribution in [0.4, 0.5) is 0 Å². The minimum absolute atomic E-state index is 0.0166. The third-order valence-electron chi connectivity index (χ3n) is 4.78. The molecule has 5 heteroatoms. The van der Waals surface area contributed by atoms with Crippen molar-refractivity contribution in [3.63, 3.8) is 0 Å². The molecule has 3 rings (SSSR count). The van der Waals surface area contributed by atoms with Crippen LogP contribution in [0.2, 0.25) is 0 Å². The van der Waals surface area contributed by atoms with Crippen molar-refractivity contribution in [2.45, 2.75) is 51.2 Å². The van der Waals surface area contributed by atoms with Crippen LogP contribution in [0.3, 0.4) is 0 Å². The lowest BCUT2D eigenvalue weighted by Crippen LogP contribution is -2.46. The Hall–Kier alpha value is -1.46. The van der Waals surface area contributed by atoms with E-state index in [1.807, 2.05) is 12.1 Å². The quantitative estimate of drug-likeness (QED) is 0.791. The lowest BCUT2D eigenvalue weighted by atomic mass is 9.95. The Labute approximate surface area is 125 Å². The van der Waals surface area contributed by atoms with Gasteiger partial charge in [0.05, 0.1) is 12.2 Å². The van der Waals surface area contributed by atoms with Crippen molar-refractivity contribution in [3.05, 3.63) is 30.1 Å². The highest BCUT2D eigenvalue weighted by Crippen LogP contribution is 2.29. The van der Waals surface area contributed by atoms with Crippen LogP contribution in [0, 0.1) is 11.8 Å². The maximum absolute atomic E-state index is 12.2. The standard InChI is InChI=1S/C16H24N4O/c1-11-15(13-6-8-17-9-7-13)19-20-16(11)18-14(21)10-12-4-2-3-5-12/h6-9,11-12,15-16,19-20H,2-5,10H2,1H3,(H,18,21). The number of pyridine rings is 1. The predicted molar refractivity (Wildman–Crippen MR) is 80.9 cm³/mol. The number of hydrogen-bond acceptors (Lipinski definition) is 4. The summed E-state index contributed by atoms with van der Waals surface area (Å²) in [6.45, 7) is 2.15. The summed E-state index contributed by atoms with van der Waals surface area (Å²) in [5.74, 6) is 1.05.